The number of phenolic OH excluding ortho intramolecular Hbond substituents is 1. The maximum atomic E-state index is 11.2. The Morgan fingerprint density at radius 1 is 1.25 bits per heavy atom. The summed E-state index contributed by atoms with van der Waals surface area (Å²) in [6, 6.07) is 13.2. The minimum absolute atomic E-state index is 0.00739. The lowest BCUT2D eigenvalue weighted by Crippen LogP contribution is -1.97. The average molecular weight is 271 g/mol. The Kier molecular flexibility index (Phi) is 4.00. The van der Waals surface area contributed by atoms with E-state index in [-0.39, 0.29) is 17.2 Å². The number of hydrogen-bond acceptors (Lipinski definition) is 4. The van der Waals surface area contributed by atoms with Gasteiger partial charge in [-0.25, -0.2) is 0 Å². The molecule has 102 valence electrons. The van der Waals surface area contributed by atoms with E-state index in [4.69, 9.17) is 4.74 Å². The highest BCUT2D eigenvalue weighted by atomic mass is 16.6. The molecule has 0 aliphatic rings. The van der Waals surface area contributed by atoms with Crippen LogP contribution in [0.2, 0.25) is 0 Å². The van der Waals surface area contributed by atoms with Gasteiger partial charge in [0.15, 0.2) is 11.5 Å². The van der Waals surface area contributed by atoms with E-state index in [2.05, 4.69) is 0 Å². The van der Waals surface area contributed by atoms with Crippen molar-refractivity contribution in [3.63, 3.8) is 0 Å². The van der Waals surface area contributed by atoms with E-state index >= 15 is 0 Å². The van der Waals surface area contributed by atoms with E-state index in [1.807, 2.05) is 0 Å². The fourth-order valence-corrected chi connectivity index (χ4v) is 1.79. The van der Waals surface area contributed by atoms with Gasteiger partial charge in [-0.3, -0.25) is 10.1 Å². The summed E-state index contributed by atoms with van der Waals surface area (Å²) in [7, 11) is 1.42. The Bertz CT molecular complexity index is 650. The van der Waals surface area contributed by atoms with Crippen molar-refractivity contribution in [2.45, 2.75) is 0 Å². The first-order chi connectivity index (χ1) is 9.61. The summed E-state index contributed by atoms with van der Waals surface area (Å²) in [5.74, 6) is 0.265. The normalized spacial score (nSPS) is 11.2. The molecule has 0 atom stereocenters. The van der Waals surface area contributed by atoms with Crippen LogP contribution in [0.15, 0.2) is 48.5 Å². The summed E-state index contributed by atoms with van der Waals surface area (Å²) in [4.78, 5) is 10.7. The molecule has 2 rings (SSSR count). The van der Waals surface area contributed by atoms with Gasteiger partial charge in [0.2, 0.25) is 0 Å². The van der Waals surface area contributed by atoms with Crippen molar-refractivity contribution < 1.29 is 14.8 Å². The van der Waals surface area contributed by atoms with Crippen molar-refractivity contribution in [3.05, 3.63) is 69.8 Å². The molecule has 0 aliphatic carbocycles. The van der Waals surface area contributed by atoms with Crippen LogP contribution in [-0.2, 0) is 0 Å². The lowest BCUT2D eigenvalue weighted by Gasteiger charge is -2.04. The van der Waals surface area contributed by atoms with Gasteiger partial charge in [-0.1, -0.05) is 24.3 Å². The molecule has 0 heterocycles. The summed E-state index contributed by atoms with van der Waals surface area (Å²) in [6.45, 7) is 0. The molecule has 0 aliphatic heterocycles. The predicted octanol–water partition coefficient (Wildman–Crippen LogP) is 3.18. The number of methoxy groups -OCH3 is 1. The molecule has 0 saturated carbocycles. The summed E-state index contributed by atoms with van der Waals surface area (Å²) in [6.07, 6.45) is 1.44. The SMILES string of the molecule is COc1cc(/C=C(/c2ccccc2)[N+](=O)[O-])ccc1O. The maximum absolute atomic E-state index is 11.2. The van der Waals surface area contributed by atoms with E-state index in [1.165, 1.54) is 19.3 Å². The van der Waals surface area contributed by atoms with E-state index in [0.717, 1.165) is 0 Å². The van der Waals surface area contributed by atoms with Gasteiger partial charge in [0, 0.05) is 6.08 Å². The minimum Gasteiger partial charge on any atom is -0.504 e. The third-order valence-electron chi connectivity index (χ3n) is 2.77. The summed E-state index contributed by atoms with van der Waals surface area (Å²) < 4.78 is 4.98. The molecule has 0 fully saturated rings. The van der Waals surface area contributed by atoms with Gasteiger partial charge in [-0.15, -0.1) is 0 Å². The zero-order chi connectivity index (χ0) is 14.5. The number of nitro groups is 1. The Balaban J connectivity index is 2.47. The number of rotatable bonds is 4. The Hall–Kier alpha value is -2.82. The first-order valence-electron chi connectivity index (χ1n) is 5.90. The number of nitrogens with zero attached hydrogens (tertiary/aromatic N) is 1. The zero-order valence-electron chi connectivity index (χ0n) is 10.8. The van der Waals surface area contributed by atoms with Gasteiger partial charge in [0.05, 0.1) is 17.6 Å². The average Bonchev–Trinajstić information content (AvgIpc) is 2.47. The maximum Gasteiger partial charge on any atom is 0.277 e. The minimum atomic E-state index is -0.436. The monoisotopic (exact) mass is 271 g/mol. The Morgan fingerprint density at radius 3 is 2.55 bits per heavy atom. The number of benzene rings is 2. The van der Waals surface area contributed by atoms with Crippen molar-refractivity contribution in [2.75, 3.05) is 7.11 Å². The van der Waals surface area contributed by atoms with Gasteiger partial charge in [0.1, 0.15) is 0 Å². The number of phenols is 1. The van der Waals surface area contributed by atoms with Crippen LogP contribution in [0.1, 0.15) is 11.1 Å². The molecule has 5 heteroatoms. The molecule has 1 N–H and O–H groups in total. The van der Waals surface area contributed by atoms with Crippen LogP contribution in [0.5, 0.6) is 11.5 Å². The molecule has 0 saturated heterocycles. The molecular formula is C15H13NO4. The van der Waals surface area contributed by atoms with Crippen LogP contribution < -0.4 is 4.74 Å². The standard InChI is InChI=1S/C15H13NO4/c1-20-15-10-11(7-8-14(15)17)9-13(16(18)19)12-5-3-2-4-6-12/h2-10,17H,1H3/b13-9-. The quantitative estimate of drug-likeness (QED) is 0.526. The summed E-state index contributed by atoms with van der Waals surface area (Å²) in [5.41, 5.74) is 1.08. The zero-order valence-corrected chi connectivity index (χ0v) is 10.8. The molecule has 0 aromatic heterocycles. The molecule has 2 aromatic rings. The number of ether oxygens (including phenoxy) is 1. The fourth-order valence-electron chi connectivity index (χ4n) is 1.79. The molecule has 0 amide bonds. The highest BCUT2D eigenvalue weighted by molar-refractivity contribution is 5.77. The molecule has 20 heavy (non-hydrogen) atoms. The van der Waals surface area contributed by atoms with Gasteiger partial charge >= 0.3 is 0 Å². The van der Waals surface area contributed by atoms with E-state index in [1.54, 1.807) is 42.5 Å². The van der Waals surface area contributed by atoms with Crippen molar-refractivity contribution in [2.24, 2.45) is 0 Å². The van der Waals surface area contributed by atoms with Gasteiger partial charge in [-0.05, 0) is 29.8 Å². The van der Waals surface area contributed by atoms with E-state index in [0.29, 0.717) is 11.1 Å². The molecule has 0 unspecified atom stereocenters. The summed E-state index contributed by atoms with van der Waals surface area (Å²) >= 11 is 0. The third-order valence-corrected chi connectivity index (χ3v) is 2.77. The van der Waals surface area contributed by atoms with Crippen LogP contribution in [0, 0.1) is 10.1 Å². The van der Waals surface area contributed by atoms with Crippen molar-refractivity contribution in [3.8, 4) is 11.5 Å². The Labute approximate surface area is 115 Å². The lowest BCUT2D eigenvalue weighted by molar-refractivity contribution is -0.374. The van der Waals surface area contributed by atoms with Crippen LogP contribution >= 0.6 is 0 Å². The first-order valence-corrected chi connectivity index (χ1v) is 5.90. The second-order valence-corrected chi connectivity index (χ2v) is 4.08. The van der Waals surface area contributed by atoms with Gasteiger partial charge in [0.25, 0.3) is 5.70 Å². The number of hydrogen-bond donors (Lipinski definition) is 1. The fraction of sp³-hybridized carbons (Fsp3) is 0.0667. The van der Waals surface area contributed by atoms with Crippen molar-refractivity contribution >= 4 is 11.8 Å². The van der Waals surface area contributed by atoms with Crippen molar-refractivity contribution in [1.29, 1.82) is 0 Å². The second kappa shape index (κ2) is 5.88. The van der Waals surface area contributed by atoms with Crippen molar-refractivity contribution in [1.82, 2.24) is 0 Å². The topological polar surface area (TPSA) is 72.6 Å². The van der Waals surface area contributed by atoms with E-state index in [9.17, 15) is 15.2 Å². The summed E-state index contributed by atoms with van der Waals surface area (Å²) in [5, 5.41) is 20.7. The highest BCUT2D eigenvalue weighted by Gasteiger charge is 2.14. The highest BCUT2D eigenvalue weighted by Crippen LogP contribution is 2.28. The second-order valence-electron chi connectivity index (χ2n) is 4.08. The molecule has 0 radical (unpaired) electrons. The largest absolute Gasteiger partial charge is 0.504 e. The van der Waals surface area contributed by atoms with E-state index < -0.39 is 4.92 Å². The van der Waals surface area contributed by atoms with Crippen LogP contribution in [-0.4, -0.2) is 17.1 Å². The van der Waals surface area contributed by atoms with Crippen LogP contribution in [0.25, 0.3) is 11.8 Å². The lowest BCUT2D eigenvalue weighted by atomic mass is 10.1. The van der Waals surface area contributed by atoms with Gasteiger partial charge in [-0.2, -0.15) is 0 Å². The Morgan fingerprint density at radius 2 is 1.95 bits per heavy atom. The predicted molar refractivity (Wildman–Crippen MR) is 76.0 cm³/mol. The third kappa shape index (κ3) is 2.95. The van der Waals surface area contributed by atoms with Gasteiger partial charge < -0.3 is 9.84 Å². The molecule has 0 spiro atoms. The molecule has 0 bridgehead atoms. The molecule has 2 aromatic carbocycles. The molecular weight excluding hydrogens is 258 g/mol. The first kappa shape index (κ1) is 13.6. The smallest absolute Gasteiger partial charge is 0.277 e. The van der Waals surface area contributed by atoms with Crippen LogP contribution in [0.4, 0.5) is 0 Å². The molecule has 5 nitrogen and oxygen atoms in total. The van der Waals surface area contributed by atoms with Crippen LogP contribution in [0.3, 0.4) is 0 Å². The number of aromatic hydroxyl groups is 1.